The predicted molar refractivity (Wildman–Crippen MR) is 76.9 cm³/mol. The van der Waals surface area contributed by atoms with Crippen molar-refractivity contribution in [1.29, 1.82) is 0 Å². The van der Waals surface area contributed by atoms with Gasteiger partial charge in [-0.15, -0.1) is 0 Å². The van der Waals surface area contributed by atoms with Crippen LogP contribution in [0.2, 0.25) is 0 Å². The van der Waals surface area contributed by atoms with E-state index in [4.69, 9.17) is 9.47 Å². The molecule has 1 fully saturated rings. The monoisotopic (exact) mass is 272 g/mol. The van der Waals surface area contributed by atoms with E-state index in [0.29, 0.717) is 12.8 Å². The molecule has 1 heterocycles. The first kappa shape index (κ1) is 13.4. The molecule has 0 N–H and O–H groups in total. The first-order valence-electron chi connectivity index (χ1n) is 7.05. The Kier molecular flexibility index (Phi) is 3.17. The molecular formula is C17H20O3. The number of fused-ring (bicyclic) bond motifs is 4. The molecule has 0 amide bonds. The average Bonchev–Trinajstić information content (AvgIpc) is 2.39. The lowest BCUT2D eigenvalue weighted by molar-refractivity contribution is -0.195. The highest BCUT2D eigenvalue weighted by atomic mass is 16.7. The largest absolute Gasteiger partial charge is 0.461 e. The van der Waals surface area contributed by atoms with Crippen LogP contribution in [0.4, 0.5) is 0 Å². The molecule has 0 saturated heterocycles. The molecule has 0 spiro atoms. The molecule has 1 saturated carbocycles. The highest BCUT2D eigenvalue weighted by Gasteiger charge is 2.47. The fourth-order valence-electron chi connectivity index (χ4n) is 3.36. The lowest BCUT2D eigenvalue weighted by atomic mass is 9.76. The van der Waals surface area contributed by atoms with E-state index in [0.717, 1.165) is 35.3 Å². The molecule has 3 heteroatoms. The maximum absolute atomic E-state index is 11.9. The molecule has 1 aromatic rings. The zero-order valence-corrected chi connectivity index (χ0v) is 12.1. The second-order valence-corrected chi connectivity index (χ2v) is 6.01. The molecule has 0 aromatic heterocycles. The number of carbonyl (C=O) groups is 1. The molecular weight excluding hydrogens is 252 g/mol. The SMILES string of the molecule is C=C(C)Cc1cccc2c1OC1(OC)CC(=O)CC2C1. The first-order valence-corrected chi connectivity index (χ1v) is 7.05. The molecule has 0 radical (unpaired) electrons. The molecule has 2 aliphatic rings. The van der Waals surface area contributed by atoms with E-state index in [-0.39, 0.29) is 11.7 Å². The molecule has 3 nitrogen and oxygen atoms in total. The van der Waals surface area contributed by atoms with Crippen LogP contribution in [0.25, 0.3) is 0 Å². The Morgan fingerprint density at radius 1 is 1.55 bits per heavy atom. The average molecular weight is 272 g/mol. The van der Waals surface area contributed by atoms with Crippen LogP contribution in [0.3, 0.4) is 0 Å². The lowest BCUT2D eigenvalue weighted by Gasteiger charge is -2.44. The van der Waals surface area contributed by atoms with Crippen LogP contribution in [-0.2, 0) is 16.0 Å². The highest BCUT2D eigenvalue weighted by molar-refractivity contribution is 5.82. The molecule has 1 aliphatic carbocycles. The summed E-state index contributed by atoms with van der Waals surface area (Å²) >= 11 is 0. The highest BCUT2D eigenvalue weighted by Crippen LogP contribution is 2.49. The quantitative estimate of drug-likeness (QED) is 0.791. The summed E-state index contributed by atoms with van der Waals surface area (Å²) in [5.41, 5.74) is 3.38. The van der Waals surface area contributed by atoms with E-state index >= 15 is 0 Å². The van der Waals surface area contributed by atoms with Crippen LogP contribution >= 0.6 is 0 Å². The van der Waals surface area contributed by atoms with Gasteiger partial charge in [0.05, 0.1) is 6.42 Å². The second-order valence-electron chi connectivity index (χ2n) is 6.01. The summed E-state index contributed by atoms with van der Waals surface area (Å²) < 4.78 is 11.7. The number of hydrogen-bond donors (Lipinski definition) is 0. The maximum Gasteiger partial charge on any atom is 0.217 e. The number of rotatable bonds is 3. The Morgan fingerprint density at radius 3 is 3.05 bits per heavy atom. The van der Waals surface area contributed by atoms with Gasteiger partial charge in [0, 0.05) is 25.9 Å². The van der Waals surface area contributed by atoms with Crippen molar-refractivity contribution in [3.63, 3.8) is 0 Å². The van der Waals surface area contributed by atoms with Crippen LogP contribution in [0.5, 0.6) is 5.75 Å². The summed E-state index contributed by atoms with van der Waals surface area (Å²) in [5, 5.41) is 0. The van der Waals surface area contributed by atoms with Gasteiger partial charge in [-0.05, 0) is 24.5 Å². The van der Waals surface area contributed by atoms with Crippen molar-refractivity contribution < 1.29 is 14.3 Å². The lowest BCUT2D eigenvalue weighted by Crippen LogP contribution is -2.48. The Hall–Kier alpha value is -1.61. The topological polar surface area (TPSA) is 35.5 Å². The van der Waals surface area contributed by atoms with Gasteiger partial charge in [0.25, 0.3) is 0 Å². The molecule has 2 bridgehead atoms. The van der Waals surface area contributed by atoms with Crippen LogP contribution < -0.4 is 4.74 Å². The molecule has 2 atom stereocenters. The van der Waals surface area contributed by atoms with Crippen LogP contribution in [-0.4, -0.2) is 18.7 Å². The summed E-state index contributed by atoms with van der Waals surface area (Å²) in [4.78, 5) is 11.9. The molecule has 1 aromatic carbocycles. The Morgan fingerprint density at radius 2 is 2.35 bits per heavy atom. The maximum atomic E-state index is 11.9. The van der Waals surface area contributed by atoms with Gasteiger partial charge in [-0.2, -0.15) is 0 Å². The van der Waals surface area contributed by atoms with Crippen LogP contribution in [0, 0.1) is 0 Å². The van der Waals surface area contributed by atoms with Gasteiger partial charge in [-0.25, -0.2) is 0 Å². The molecule has 106 valence electrons. The number of benzene rings is 1. The standard InChI is InChI=1S/C17H20O3/c1-11(2)7-12-5-4-6-15-13-8-14(18)10-17(9-13,19-3)20-16(12)15/h4-6,13H,1,7-10H2,2-3H3. The number of hydrogen-bond acceptors (Lipinski definition) is 3. The fraction of sp³-hybridized carbons (Fsp3) is 0.471. The third kappa shape index (κ3) is 2.16. The number of allylic oxidation sites excluding steroid dienone is 1. The van der Waals surface area contributed by atoms with E-state index in [2.05, 4.69) is 18.7 Å². The number of ether oxygens (including phenoxy) is 2. The van der Waals surface area contributed by atoms with Gasteiger partial charge in [-0.1, -0.05) is 30.4 Å². The van der Waals surface area contributed by atoms with E-state index in [1.54, 1.807) is 7.11 Å². The number of Topliss-reactive ketones (excluding diaryl/α,β-unsaturated/α-hetero) is 1. The normalized spacial score (nSPS) is 27.7. The fourth-order valence-corrected chi connectivity index (χ4v) is 3.36. The van der Waals surface area contributed by atoms with Gasteiger partial charge in [0.15, 0.2) is 0 Å². The number of ketones is 1. The van der Waals surface area contributed by atoms with Gasteiger partial charge < -0.3 is 9.47 Å². The van der Waals surface area contributed by atoms with Crippen molar-refractivity contribution in [2.24, 2.45) is 0 Å². The van der Waals surface area contributed by atoms with Gasteiger partial charge in [-0.3, -0.25) is 4.79 Å². The molecule has 3 rings (SSSR count). The van der Waals surface area contributed by atoms with Crippen molar-refractivity contribution in [2.75, 3.05) is 7.11 Å². The Balaban J connectivity index is 2.07. The number of para-hydroxylation sites is 1. The minimum absolute atomic E-state index is 0.213. The third-order valence-electron chi connectivity index (χ3n) is 4.22. The minimum Gasteiger partial charge on any atom is -0.461 e. The van der Waals surface area contributed by atoms with Crippen molar-refractivity contribution in [3.05, 3.63) is 41.5 Å². The summed E-state index contributed by atoms with van der Waals surface area (Å²) in [6.45, 7) is 5.99. The predicted octanol–water partition coefficient (Wildman–Crippen LogP) is 3.38. The Bertz CT molecular complexity index is 576. The molecule has 1 aliphatic heterocycles. The molecule has 20 heavy (non-hydrogen) atoms. The van der Waals surface area contributed by atoms with Gasteiger partial charge >= 0.3 is 0 Å². The smallest absolute Gasteiger partial charge is 0.217 e. The summed E-state index contributed by atoms with van der Waals surface area (Å²) in [6.07, 6.45) is 2.50. The van der Waals surface area contributed by atoms with Crippen molar-refractivity contribution in [1.82, 2.24) is 0 Å². The first-order chi connectivity index (χ1) is 9.53. The van der Waals surface area contributed by atoms with E-state index in [1.807, 2.05) is 13.0 Å². The summed E-state index contributed by atoms with van der Waals surface area (Å²) in [7, 11) is 1.63. The van der Waals surface area contributed by atoms with Crippen LogP contribution in [0.15, 0.2) is 30.4 Å². The van der Waals surface area contributed by atoms with Crippen LogP contribution in [0.1, 0.15) is 43.2 Å². The van der Waals surface area contributed by atoms with Crippen molar-refractivity contribution in [2.45, 2.75) is 44.3 Å². The van der Waals surface area contributed by atoms with Crippen molar-refractivity contribution in [3.8, 4) is 5.75 Å². The summed E-state index contributed by atoms with van der Waals surface area (Å²) in [6, 6.07) is 6.18. The van der Waals surface area contributed by atoms with E-state index in [1.165, 1.54) is 0 Å². The zero-order chi connectivity index (χ0) is 14.3. The number of carbonyl (C=O) groups excluding carboxylic acids is 1. The van der Waals surface area contributed by atoms with Crippen molar-refractivity contribution >= 4 is 5.78 Å². The van der Waals surface area contributed by atoms with Gasteiger partial charge in [0.2, 0.25) is 5.79 Å². The minimum atomic E-state index is -0.766. The van der Waals surface area contributed by atoms with Gasteiger partial charge in [0.1, 0.15) is 11.5 Å². The zero-order valence-electron chi connectivity index (χ0n) is 12.1. The van der Waals surface area contributed by atoms with E-state index in [9.17, 15) is 4.79 Å². The molecule has 2 unspecified atom stereocenters. The third-order valence-corrected chi connectivity index (χ3v) is 4.22. The second kappa shape index (κ2) is 4.74. The summed E-state index contributed by atoms with van der Waals surface area (Å²) in [5.74, 6) is 0.572. The van der Waals surface area contributed by atoms with E-state index < -0.39 is 5.79 Å². The Labute approximate surface area is 119 Å². The number of methoxy groups -OCH3 is 1.